The summed E-state index contributed by atoms with van der Waals surface area (Å²) in [5, 5.41) is 0. The number of carbonyl (C=O) groups excluding carboxylic acids is 1. The van der Waals surface area contributed by atoms with E-state index in [1.165, 1.54) is 7.11 Å². The minimum atomic E-state index is -1.10. The van der Waals surface area contributed by atoms with Crippen LogP contribution in [0.3, 0.4) is 0 Å². The lowest BCUT2D eigenvalue weighted by Gasteiger charge is -2.32. The lowest BCUT2D eigenvalue weighted by Crippen LogP contribution is -2.38. The van der Waals surface area contributed by atoms with Gasteiger partial charge in [-0.2, -0.15) is 0 Å². The number of benzene rings is 3. The maximum Gasteiger partial charge on any atom is 0.325 e. The van der Waals surface area contributed by atoms with E-state index < -0.39 is 5.41 Å². The minimum absolute atomic E-state index is 0.343. The van der Waals surface area contributed by atoms with Crippen molar-refractivity contribution in [2.45, 2.75) is 5.41 Å². The molecule has 0 spiro atoms. The first kappa shape index (κ1) is 18.8. The van der Waals surface area contributed by atoms with Crippen LogP contribution in [-0.4, -0.2) is 27.3 Å². The fourth-order valence-corrected chi connectivity index (χ4v) is 4.16. The molecule has 146 valence electrons. The molecule has 29 heavy (non-hydrogen) atoms. The zero-order valence-electron chi connectivity index (χ0n) is 16.6. The maximum atomic E-state index is 13.5. The van der Waals surface area contributed by atoms with Crippen LogP contribution in [0, 0.1) is 0 Å². The molecule has 0 aliphatic heterocycles. The van der Waals surface area contributed by atoms with Crippen molar-refractivity contribution >= 4 is 17.6 Å². The molecular weight excluding hydrogens is 364 g/mol. The first-order valence-electron chi connectivity index (χ1n) is 9.34. The fraction of sp³-hybridized carbons (Fsp3) is 0.160. The summed E-state index contributed by atoms with van der Waals surface area (Å²) in [5.41, 5.74) is 3.38. The van der Waals surface area contributed by atoms with E-state index in [-0.39, 0.29) is 5.97 Å². The number of hydrogen-bond donors (Lipinski definition) is 0. The predicted molar refractivity (Wildman–Crippen MR) is 113 cm³/mol. The number of fused-ring (bicyclic) bond motifs is 1. The largest absolute Gasteiger partial charge is 0.493 e. The Balaban J connectivity index is 2.07. The number of rotatable bonds is 5. The highest BCUT2D eigenvalue weighted by Gasteiger charge is 2.51. The summed E-state index contributed by atoms with van der Waals surface area (Å²) in [6.45, 7) is 0. The van der Waals surface area contributed by atoms with E-state index in [2.05, 4.69) is 6.08 Å². The molecule has 0 fully saturated rings. The normalized spacial score (nSPS) is 17.3. The van der Waals surface area contributed by atoms with Gasteiger partial charge in [-0.25, -0.2) is 0 Å². The molecule has 4 nitrogen and oxygen atoms in total. The second-order valence-corrected chi connectivity index (χ2v) is 6.82. The van der Waals surface area contributed by atoms with Crippen LogP contribution < -0.4 is 9.47 Å². The van der Waals surface area contributed by atoms with E-state index in [1.54, 1.807) is 14.2 Å². The van der Waals surface area contributed by atoms with Crippen LogP contribution in [0.15, 0.2) is 72.8 Å². The van der Waals surface area contributed by atoms with Gasteiger partial charge in [0, 0.05) is 0 Å². The third-order valence-corrected chi connectivity index (χ3v) is 5.46. The molecule has 3 aromatic carbocycles. The second-order valence-electron chi connectivity index (χ2n) is 6.82. The molecular formula is C25H22O4. The van der Waals surface area contributed by atoms with Crippen molar-refractivity contribution in [2.75, 3.05) is 21.3 Å². The number of ether oxygens (including phenoxy) is 3. The lowest BCUT2D eigenvalue weighted by atomic mass is 9.69. The van der Waals surface area contributed by atoms with Crippen molar-refractivity contribution in [1.29, 1.82) is 0 Å². The van der Waals surface area contributed by atoms with Gasteiger partial charge in [-0.3, -0.25) is 4.79 Å². The Hall–Kier alpha value is -3.53. The van der Waals surface area contributed by atoms with Gasteiger partial charge < -0.3 is 14.2 Å². The van der Waals surface area contributed by atoms with Gasteiger partial charge in [0.2, 0.25) is 0 Å². The lowest BCUT2D eigenvalue weighted by molar-refractivity contribution is -0.143. The molecule has 0 saturated carbocycles. The SMILES string of the molecule is COC(=O)C1(c2ccc(OC)c(OC)c2)C(c2ccccc2)=Cc2ccccc21. The second kappa shape index (κ2) is 7.47. The van der Waals surface area contributed by atoms with Gasteiger partial charge in [0.1, 0.15) is 5.41 Å². The Morgan fingerprint density at radius 2 is 1.48 bits per heavy atom. The topological polar surface area (TPSA) is 44.8 Å². The van der Waals surface area contributed by atoms with E-state index in [0.29, 0.717) is 11.5 Å². The molecule has 3 aromatic rings. The molecule has 0 aromatic heterocycles. The zero-order chi connectivity index (χ0) is 20.4. The van der Waals surface area contributed by atoms with E-state index in [9.17, 15) is 4.79 Å². The van der Waals surface area contributed by atoms with Crippen molar-refractivity contribution in [3.8, 4) is 11.5 Å². The third-order valence-electron chi connectivity index (χ3n) is 5.46. The van der Waals surface area contributed by atoms with Crippen LogP contribution in [0.2, 0.25) is 0 Å². The van der Waals surface area contributed by atoms with Crippen LogP contribution in [-0.2, 0) is 14.9 Å². The van der Waals surface area contributed by atoms with Crippen LogP contribution in [0.5, 0.6) is 11.5 Å². The van der Waals surface area contributed by atoms with Gasteiger partial charge in [-0.05, 0) is 46.0 Å². The summed E-state index contributed by atoms with van der Waals surface area (Å²) < 4.78 is 16.3. The average molecular weight is 386 g/mol. The quantitative estimate of drug-likeness (QED) is 0.596. The molecule has 1 aliphatic carbocycles. The van der Waals surface area contributed by atoms with Gasteiger partial charge >= 0.3 is 5.97 Å². The Kier molecular flexibility index (Phi) is 4.85. The Morgan fingerprint density at radius 1 is 0.793 bits per heavy atom. The number of methoxy groups -OCH3 is 3. The average Bonchev–Trinajstić information content (AvgIpc) is 3.14. The summed E-state index contributed by atoms with van der Waals surface area (Å²) in [5.74, 6) is 0.822. The van der Waals surface area contributed by atoms with Crippen LogP contribution in [0.4, 0.5) is 0 Å². The van der Waals surface area contributed by atoms with Crippen molar-refractivity contribution in [3.63, 3.8) is 0 Å². The predicted octanol–water partition coefficient (Wildman–Crippen LogP) is 4.72. The fourth-order valence-electron chi connectivity index (χ4n) is 4.16. The monoisotopic (exact) mass is 386 g/mol. The van der Waals surface area contributed by atoms with Crippen molar-refractivity contribution in [2.24, 2.45) is 0 Å². The highest BCUT2D eigenvalue weighted by Crippen LogP contribution is 2.52. The Morgan fingerprint density at radius 3 is 2.17 bits per heavy atom. The Bertz CT molecular complexity index is 1080. The summed E-state index contributed by atoms with van der Waals surface area (Å²) in [4.78, 5) is 13.5. The molecule has 0 saturated heterocycles. The molecule has 0 N–H and O–H groups in total. The molecule has 1 atom stereocenters. The molecule has 0 amide bonds. The molecule has 1 aliphatic rings. The van der Waals surface area contributed by atoms with E-state index in [4.69, 9.17) is 14.2 Å². The van der Waals surface area contributed by atoms with Gasteiger partial charge in [0.25, 0.3) is 0 Å². The summed E-state index contributed by atoms with van der Waals surface area (Å²) in [6.07, 6.45) is 2.07. The summed E-state index contributed by atoms with van der Waals surface area (Å²) >= 11 is 0. The summed E-state index contributed by atoms with van der Waals surface area (Å²) in [6, 6.07) is 23.4. The highest BCUT2D eigenvalue weighted by atomic mass is 16.5. The number of esters is 1. The van der Waals surface area contributed by atoms with Gasteiger partial charge in [-0.15, -0.1) is 0 Å². The molecule has 0 heterocycles. The first-order valence-corrected chi connectivity index (χ1v) is 9.34. The maximum absolute atomic E-state index is 13.5. The zero-order valence-corrected chi connectivity index (χ0v) is 16.6. The van der Waals surface area contributed by atoms with Crippen molar-refractivity contribution in [3.05, 3.63) is 95.1 Å². The third kappa shape index (κ3) is 2.80. The van der Waals surface area contributed by atoms with Crippen molar-refractivity contribution in [1.82, 2.24) is 0 Å². The number of hydrogen-bond acceptors (Lipinski definition) is 4. The smallest absolute Gasteiger partial charge is 0.325 e. The summed E-state index contributed by atoms with van der Waals surface area (Å²) in [7, 11) is 4.60. The Labute approximate surface area is 170 Å². The van der Waals surface area contributed by atoms with E-state index >= 15 is 0 Å². The van der Waals surface area contributed by atoms with Crippen LogP contribution in [0.1, 0.15) is 22.3 Å². The molecule has 0 radical (unpaired) electrons. The van der Waals surface area contributed by atoms with E-state index in [1.807, 2.05) is 72.8 Å². The van der Waals surface area contributed by atoms with E-state index in [0.717, 1.165) is 27.8 Å². The number of carbonyl (C=O) groups is 1. The first-order chi connectivity index (χ1) is 14.2. The van der Waals surface area contributed by atoms with Gasteiger partial charge in [0.05, 0.1) is 21.3 Å². The standard InChI is InChI=1S/C25H22O4/c1-27-22-14-13-19(16-23(22)28-2)25(24(26)29-3)20-12-8-7-11-18(20)15-21(25)17-9-5-4-6-10-17/h4-16H,1-3H3. The molecule has 1 unspecified atom stereocenters. The minimum Gasteiger partial charge on any atom is -0.493 e. The van der Waals surface area contributed by atoms with Crippen LogP contribution >= 0.6 is 0 Å². The van der Waals surface area contributed by atoms with Gasteiger partial charge in [-0.1, -0.05) is 60.7 Å². The highest BCUT2D eigenvalue weighted by molar-refractivity contribution is 6.12. The van der Waals surface area contributed by atoms with Gasteiger partial charge in [0.15, 0.2) is 11.5 Å². The van der Waals surface area contributed by atoms with Crippen LogP contribution in [0.25, 0.3) is 11.6 Å². The molecule has 0 bridgehead atoms. The molecule has 4 rings (SSSR count). The molecule has 4 heteroatoms. The van der Waals surface area contributed by atoms with Crippen molar-refractivity contribution < 1.29 is 19.0 Å².